The normalized spacial score (nSPS) is 12.5. The molecule has 146 heavy (non-hydrogen) atoms. The van der Waals surface area contributed by atoms with Gasteiger partial charge >= 0.3 is 41.8 Å². The Kier molecular flexibility index (Phi) is 52.1. The predicted molar refractivity (Wildman–Crippen MR) is 566 cm³/mol. The number of amides is 7. The Labute approximate surface area is 854 Å². The first kappa shape index (κ1) is 115. The minimum absolute atomic E-state index is 0.00292. The van der Waals surface area contributed by atoms with Crippen LogP contribution in [0.5, 0.6) is 0 Å². The summed E-state index contributed by atoms with van der Waals surface area (Å²) in [5.41, 5.74) is 9.85. The SMILES string of the molecule is O=C(O)CC(=O)N(Cc1ccccc1)c1ccccc1.O=C(O)CC(=O)N(c1ccccc1)C1CCCCC1.O=C(O)CCC(=O)N(Cc1ccccc1)c1ccccc1.O=C(O)CCC(=O)N(c1ccccc1)C1CCCCC1.O=C(O)CCCC(=O)N(Cc1ccccc1)c1ccccc1.O=C(O)CCCC(=O)N(c1ccccc1)C1CCCCC1.O=C(O)CCCCC(=O)N(Cc1ccccc1)c1ccccc1. The molecule has 7 N–H and O–H groups in total. The Balaban J connectivity index is 0.000000208. The Bertz CT molecular complexity index is 5760. The summed E-state index contributed by atoms with van der Waals surface area (Å²) in [6.07, 6.45) is 18.3. The van der Waals surface area contributed by atoms with Crippen LogP contribution < -0.4 is 34.3 Å². The van der Waals surface area contributed by atoms with Crippen LogP contribution in [0.4, 0.5) is 39.8 Å². The van der Waals surface area contributed by atoms with Crippen LogP contribution in [0.15, 0.2) is 334 Å². The number of anilines is 7. The Morgan fingerprint density at radius 1 is 0.178 bits per heavy atom. The van der Waals surface area contributed by atoms with Gasteiger partial charge in [-0.1, -0.05) is 307 Å². The fourth-order valence-electron chi connectivity index (χ4n) is 17.1. The van der Waals surface area contributed by atoms with E-state index in [9.17, 15) is 67.1 Å². The molecule has 11 aromatic rings. The van der Waals surface area contributed by atoms with Gasteiger partial charge in [-0.15, -0.1) is 0 Å². The lowest BCUT2D eigenvalue weighted by Gasteiger charge is -2.34. The molecule has 28 nitrogen and oxygen atoms in total. The quantitative estimate of drug-likeness (QED) is 0.0138. The van der Waals surface area contributed by atoms with Crippen molar-refractivity contribution in [1.82, 2.24) is 0 Å². The van der Waals surface area contributed by atoms with Gasteiger partial charge in [-0.3, -0.25) is 67.1 Å². The van der Waals surface area contributed by atoms with Crippen molar-refractivity contribution < 1.29 is 103 Å². The maximum absolute atomic E-state index is 12.6. The molecule has 11 aromatic carbocycles. The molecule has 0 saturated heterocycles. The average molecular weight is 1990 g/mol. The zero-order valence-corrected chi connectivity index (χ0v) is 82.7. The highest BCUT2D eigenvalue weighted by molar-refractivity contribution is 6.04. The number of carbonyl (C=O) groups is 14. The fraction of sp³-hybridized carbons (Fsp3) is 0.322. The van der Waals surface area contributed by atoms with Crippen LogP contribution >= 0.6 is 0 Å². The maximum Gasteiger partial charge on any atom is 0.312 e. The predicted octanol–water partition coefficient (Wildman–Crippen LogP) is 22.8. The van der Waals surface area contributed by atoms with E-state index < -0.39 is 60.5 Å². The number of benzene rings is 11. The van der Waals surface area contributed by atoms with E-state index in [1.54, 1.807) is 31.7 Å². The van der Waals surface area contributed by atoms with E-state index in [1.165, 1.54) is 24.2 Å². The van der Waals surface area contributed by atoms with E-state index in [-0.39, 0.29) is 105 Å². The standard InChI is InChI=1S/C19H21NO3.C18H19NO3.C17H23NO3.C17H17NO3.C16H15NO3.C16H21NO3.C15H19NO3/c21-18(13-7-8-14-19(22)23)20(17-11-5-2-6-12-17)15-16-9-3-1-4-10-16;20-17(12-7-13-18(21)22)19(16-10-5-2-6-11-16)14-15-8-3-1-4-9-15;19-16(12-7-13-17(20)21)18(14-8-3-1-4-9-14)15-10-5-2-6-11-15;19-16(11-12-17(20)21)18(15-9-5-2-6-10-15)13-14-7-3-1-4-8-14;18-15(11-16(19)20)17(14-9-5-2-6-10-14)12-13-7-3-1-4-8-13;18-15(11-12-16(19)20)17(13-7-3-1-4-8-13)14-9-5-2-6-10-14;17-14(11-15(18)19)16(12-7-3-1-4-8-12)13-9-5-2-6-10-13/h1-6,9-12H,7-8,13-15H2,(H,22,23);1-6,8-11H,7,12-14H2,(H,21,22);1,3-4,8-9,15H,2,5-7,10-13H2,(H,20,21);1-10H,11-13H2,(H,20,21);1-10H,11-12H2,(H,19,20);1,3-4,7-8,14H,2,5-6,9-12H2,(H,19,20);1,3-4,7-8,13H,2,5-6,9-11H2,(H,18,19). The van der Waals surface area contributed by atoms with Crippen molar-refractivity contribution >= 4 is 123 Å². The van der Waals surface area contributed by atoms with Gasteiger partial charge in [0.1, 0.15) is 12.8 Å². The molecule has 0 unspecified atom stereocenters. The summed E-state index contributed by atoms with van der Waals surface area (Å²) >= 11 is 0. The molecule has 3 aliphatic carbocycles. The Morgan fingerprint density at radius 2 is 0.363 bits per heavy atom. The number of aliphatic carboxylic acids is 7. The molecule has 0 radical (unpaired) electrons. The summed E-state index contributed by atoms with van der Waals surface area (Å²) in [4.78, 5) is 173. The van der Waals surface area contributed by atoms with E-state index in [0.717, 1.165) is 133 Å². The number of carboxylic acids is 7. The first-order valence-corrected chi connectivity index (χ1v) is 49.9. The van der Waals surface area contributed by atoms with Crippen LogP contribution in [0.3, 0.4) is 0 Å². The van der Waals surface area contributed by atoms with Gasteiger partial charge in [0, 0.05) is 109 Å². The van der Waals surface area contributed by atoms with Crippen LogP contribution in [0, 0.1) is 0 Å². The van der Waals surface area contributed by atoms with E-state index in [1.807, 2.05) is 331 Å². The summed E-state index contributed by atoms with van der Waals surface area (Å²) in [7, 11) is 0. The molecule has 3 saturated carbocycles. The van der Waals surface area contributed by atoms with Crippen LogP contribution in [0.25, 0.3) is 0 Å². The monoisotopic (exact) mass is 1990 g/mol. The zero-order chi connectivity index (χ0) is 105. The van der Waals surface area contributed by atoms with Crippen LogP contribution in [-0.4, -0.2) is 137 Å². The van der Waals surface area contributed by atoms with Crippen molar-refractivity contribution in [3.8, 4) is 0 Å². The van der Waals surface area contributed by atoms with E-state index in [2.05, 4.69) is 0 Å². The van der Waals surface area contributed by atoms with Crippen LogP contribution in [0.1, 0.15) is 221 Å². The van der Waals surface area contributed by atoms with Crippen molar-refractivity contribution in [1.29, 1.82) is 0 Å². The van der Waals surface area contributed by atoms with Gasteiger partial charge < -0.3 is 70.0 Å². The fourth-order valence-corrected chi connectivity index (χ4v) is 17.1. The van der Waals surface area contributed by atoms with Gasteiger partial charge in [0.25, 0.3) is 0 Å². The van der Waals surface area contributed by atoms with E-state index >= 15 is 0 Å². The molecule has 0 bridgehead atoms. The third kappa shape index (κ3) is 43.8. The largest absolute Gasteiger partial charge is 0.481 e. The summed E-state index contributed by atoms with van der Waals surface area (Å²) in [6.45, 7) is 1.79. The van der Waals surface area contributed by atoms with Crippen molar-refractivity contribution in [2.24, 2.45) is 0 Å². The molecule has 7 amide bonds. The number of para-hydroxylation sites is 7. The first-order valence-electron chi connectivity index (χ1n) is 49.9. The highest BCUT2D eigenvalue weighted by Crippen LogP contribution is 2.33. The number of carboxylic acid groups (broad SMARTS) is 7. The van der Waals surface area contributed by atoms with Crippen LogP contribution in [0.2, 0.25) is 0 Å². The second-order valence-corrected chi connectivity index (χ2v) is 35.4. The number of hydrogen-bond donors (Lipinski definition) is 7. The summed E-state index contributed by atoms with van der Waals surface area (Å²) < 4.78 is 0. The maximum atomic E-state index is 12.6. The summed E-state index contributed by atoms with van der Waals surface area (Å²) in [6, 6.07) is 105. The lowest BCUT2D eigenvalue weighted by atomic mass is 9.93. The van der Waals surface area contributed by atoms with Gasteiger partial charge in [-0.2, -0.15) is 0 Å². The lowest BCUT2D eigenvalue weighted by Crippen LogP contribution is -2.42. The molecule has 0 spiro atoms. The second kappa shape index (κ2) is 66.0. The molecule has 3 aliphatic rings. The molecule has 0 heterocycles. The molecule has 14 rings (SSSR count). The molecule has 28 heteroatoms. The summed E-state index contributed by atoms with van der Waals surface area (Å²) in [5.74, 6) is -7.60. The van der Waals surface area contributed by atoms with Gasteiger partial charge in [0.2, 0.25) is 41.4 Å². The van der Waals surface area contributed by atoms with Crippen LogP contribution in [-0.2, 0) is 93.3 Å². The molecule has 0 aliphatic heterocycles. The van der Waals surface area contributed by atoms with E-state index in [4.69, 9.17) is 35.7 Å². The first-order chi connectivity index (χ1) is 70.7. The zero-order valence-electron chi connectivity index (χ0n) is 82.7. The van der Waals surface area contributed by atoms with Gasteiger partial charge in [0.05, 0.1) is 39.0 Å². The topological polar surface area (TPSA) is 403 Å². The second-order valence-electron chi connectivity index (χ2n) is 35.4. The Hall–Kier alpha value is -16.0. The molecular formula is C118H135N7O21. The molecule has 768 valence electrons. The Morgan fingerprint density at radius 3 is 0.616 bits per heavy atom. The minimum atomic E-state index is -1.12. The highest BCUT2D eigenvalue weighted by atomic mass is 16.4. The van der Waals surface area contributed by atoms with Crippen molar-refractivity contribution in [3.63, 3.8) is 0 Å². The number of carbonyl (C=O) groups excluding carboxylic acids is 7. The average Bonchev–Trinajstić information content (AvgIpc) is 0.820. The van der Waals surface area contributed by atoms with Crippen molar-refractivity contribution in [2.75, 3.05) is 34.3 Å². The highest BCUT2D eigenvalue weighted by Gasteiger charge is 2.32. The molecule has 0 aromatic heterocycles. The number of hydrogen-bond acceptors (Lipinski definition) is 14. The molecule has 0 atom stereocenters. The molecular weight excluding hydrogens is 1850 g/mol. The van der Waals surface area contributed by atoms with Gasteiger partial charge in [-0.25, -0.2) is 0 Å². The van der Waals surface area contributed by atoms with Crippen molar-refractivity contribution in [3.05, 3.63) is 356 Å². The third-order valence-electron chi connectivity index (χ3n) is 24.2. The third-order valence-corrected chi connectivity index (χ3v) is 24.2. The minimum Gasteiger partial charge on any atom is -0.481 e. The number of unbranched alkanes of at least 4 members (excludes halogenated alkanes) is 1. The van der Waals surface area contributed by atoms with Gasteiger partial charge in [0.15, 0.2) is 0 Å². The van der Waals surface area contributed by atoms with Gasteiger partial charge in [-0.05, 0) is 171 Å². The van der Waals surface area contributed by atoms with E-state index in [0.29, 0.717) is 70.4 Å². The summed E-state index contributed by atoms with van der Waals surface area (Å²) in [5, 5.41) is 61.2. The lowest BCUT2D eigenvalue weighted by molar-refractivity contribution is -0.141. The van der Waals surface area contributed by atoms with Crippen molar-refractivity contribution in [2.45, 2.75) is 243 Å². The number of nitrogens with zero attached hydrogens (tertiary/aromatic N) is 7. The molecule has 3 fully saturated rings. The smallest absolute Gasteiger partial charge is 0.312 e. The number of rotatable bonds is 41.